The molecule has 0 radical (unpaired) electrons. The molecule has 0 saturated carbocycles. The van der Waals surface area contributed by atoms with Crippen molar-refractivity contribution in [3.8, 4) is 5.75 Å². The number of nitrogens with one attached hydrogen (secondary N) is 1. The molecule has 5 heteroatoms. The number of nitrogens with zero attached hydrogens (tertiary/aromatic N) is 1. The first-order valence-electron chi connectivity index (χ1n) is 9.65. The average molecular weight is 387 g/mol. The lowest BCUT2D eigenvalue weighted by Crippen LogP contribution is -2.37. The molecule has 3 rings (SSSR count). The summed E-state index contributed by atoms with van der Waals surface area (Å²) >= 11 is 5.90. The second-order valence-electron chi connectivity index (χ2n) is 6.94. The maximum absolute atomic E-state index is 12.6. The van der Waals surface area contributed by atoms with Crippen LogP contribution in [-0.2, 0) is 17.9 Å². The summed E-state index contributed by atoms with van der Waals surface area (Å²) < 4.78 is 5.83. The van der Waals surface area contributed by atoms with Gasteiger partial charge in [0.25, 0.3) is 5.91 Å². The zero-order chi connectivity index (χ0) is 19.1. The molecule has 0 spiro atoms. The summed E-state index contributed by atoms with van der Waals surface area (Å²) in [4.78, 5) is 15.1. The number of halogens is 1. The van der Waals surface area contributed by atoms with Gasteiger partial charge in [0, 0.05) is 18.1 Å². The minimum atomic E-state index is -0.517. The number of carbonyl (C=O) groups is 1. The fourth-order valence-corrected chi connectivity index (χ4v) is 3.49. The standard InChI is InChI=1S/C22H27ClN2O2/c1-2-21(27-20-11-9-19(23)10-12-20)22(26)24-15-17-7-3-4-8-18(17)16-25-13-5-6-14-25/h3-4,7-12,21H,2,5-6,13-16H2,1H3,(H,24,26)/t21-/m0/s1. The van der Waals surface area contributed by atoms with Crippen LogP contribution in [0.2, 0.25) is 5.02 Å². The van der Waals surface area contributed by atoms with Crippen molar-refractivity contribution in [3.05, 3.63) is 64.7 Å². The Kier molecular flexibility index (Phi) is 7.13. The summed E-state index contributed by atoms with van der Waals surface area (Å²) in [5, 5.41) is 3.69. The monoisotopic (exact) mass is 386 g/mol. The lowest BCUT2D eigenvalue weighted by Gasteiger charge is -2.20. The molecule has 2 aromatic carbocycles. The summed E-state index contributed by atoms with van der Waals surface area (Å²) in [7, 11) is 0. The highest BCUT2D eigenvalue weighted by Crippen LogP contribution is 2.19. The Labute approximate surface area is 166 Å². The molecule has 0 bridgehead atoms. The van der Waals surface area contributed by atoms with E-state index in [9.17, 15) is 4.79 Å². The number of amides is 1. The maximum Gasteiger partial charge on any atom is 0.261 e. The van der Waals surface area contributed by atoms with Crippen LogP contribution >= 0.6 is 11.6 Å². The van der Waals surface area contributed by atoms with Crippen molar-refractivity contribution in [2.45, 2.75) is 45.4 Å². The molecule has 1 aliphatic rings. The zero-order valence-electron chi connectivity index (χ0n) is 15.8. The molecular formula is C22H27ClN2O2. The van der Waals surface area contributed by atoms with Gasteiger partial charge in [-0.3, -0.25) is 9.69 Å². The highest BCUT2D eigenvalue weighted by atomic mass is 35.5. The van der Waals surface area contributed by atoms with Gasteiger partial charge >= 0.3 is 0 Å². The van der Waals surface area contributed by atoms with E-state index in [0.29, 0.717) is 23.7 Å². The number of ether oxygens (including phenoxy) is 1. The molecule has 1 fully saturated rings. The Morgan fingerprint density at radius 2 is 1.78 bits per heavy atom. The van der Waals surface area contributed by atoms with Crippen molar-refractivity contribution in [3.63, 3.8) is 0 Å². The first-order valence-corrected chi connectivity index (χ1v) is 10.0. The normalized spacial score (nSPS) is 15.5. The number of benzene rings is 2. The zero-order valence-corrected chi connectivity index (χ0v) is 16.5. The summed E-state index contributed by atoms with van der Waals surface area (Å²) in [6, 6.07) is 15.4. The van der Waals surface area contributed by atoms with Crippen LogP contribution in [-0.4, -0.2) is 30.0 Å². The smallest absolute Gasteiger partial charge is 0.261 e. The predicted octanol–water partition coefficient (Wildman–Crippen LogP) is 4.41. The predicted molar refractivity (Wildman–Crippen MR) is 109 cm³/mol. The van der Waals surface area contributed by atoms with Crippen molar-refractivity contribution >= 4 is 17.5 Å². The van der Waals surface area contributed by atoms with Crippen molar-refractivity contribution in [1.29, 1.82) is 0 Å². The largest absolute Gasteiger partial charge is 0.481 e. The molecule has 1 N–H and O–H groups in total. The molecule has 1 atom stereocenters. The third-order valence-corrected chi connectivity index (χ3v) is 5.17. The van der Waals surface area contributed by atoms with Gasteiger partial charge in [0.1, 0.15) is 5.75 Å². The van der Waals surface area contributed by atoms with Crippen molar-refractivity contribution in [2.24, 2.45) is 0 Å². The van der Waals surface area contributed by atoms with Crippen LogP contribution in [0.4, 0.5) is 0 Å². The first-order chi connectivity index (χ1) is 13.2. The highest BCUT2D eigenvalue weighted by Gasteiger charge is 2.19. The molecule has 0 aromatic heterocycles. The van der Waals surface area contributed by atoms with E-state index >= 15 is 0 Å². The van der Waals surface area contributed by atoms with Crippen LogP contribution in [0.15, 0.2) is 48.5 Å². The third-order valence-electron chi connectivity index (χ3n) is 4.92. The average Bonchev–Trinajstić information content (AvgIpc) is 3.19. The van der Waals surface area contributed by atoms with E-state index < -0.39 is 6.10 Å². The van der Waals surface area contributed by atoms with Crippen LogP contribution in [0.25, 0.3) is 0 Å². The van der Waals surface area contributed by atoms with E-state index in [1.807, 2.05) is 13.0 Å². The first kappa shape index (κ1) is 19.7. The Morgan fingerprint density at radius 3 is 2.44 bits per heavy atom. The van der Waals surface area contributed by atoms with E-state index in [1.54, 1.807) is 24.3 Å². The maximum atomic E-state index is 12.6. The molecular weight excluding hydrogens is 360 g/mol. The van der Waals surface area contributed by atoms with Crippen LogP contribution in [0.5, 0.6) is 5.75 Å². The SMILES string of the molecule is CC[C@H](Oc1ccc(Cl)cc1)C(=O)NCc1ccccc1CN1CCCC1. The second kappa shape index (κ2) is 9.77. The van der Waals surface area contributed by atoms with E-state index in [4.69, 9.17) is 16.3 Å². The van der Waals surface area contributed by atoms with Gasteiger partial charge in [0.15, 0.2) is 6.10 Å². The number of hydrogen-bond acceptors (Lipinski definition) is 3. The Morgan fingerprint density at radius 1 is 1.11 bits per heavy atom. The Balaban J connectivity index is 1.58. The Hall–Kier alpha value is -2.04. The molecule has 1 amide bonds. The molecule has 1 heterocycles. The lowest BCUT2D eigenvalue weighted by molar-refractivity contribution is -0.128. The number of carbonyl (C=O) groups excluding carboxylic acids is 1. The molecule has 1 aliphatic heterocycles. The molecule has 2 aromatic rings. The van der Waals surface area contributed by atoms with Crippen molar-refractivity contribution in [1.82, 2.24) is 10.2 Å². The summed E-state index contributed by atoms with van der Waals surface area (Å²) in [5.74, 6) is 0.555. The molecule has 27 heavy (non-hydrogen) atoms. The van der Waals surface area contributed by atoms with Crippen molar-refractivity contribution in [2.75, 3.05) is 13.1 Å². The summed E-state index contributed by atoms with van der Waals surface area (Å²) in [5.41, 5.74) is 2.45. The van der Waals surface area contributed by atoms with Gasteiger partial charge in [-0.05, 0) is 67.7 Å². The van der Waals surface area contributed by atoms with Crippen LogP contribution < -0.4 is 10.1 Å². The van der Waals surface area contributed by atoms with Crippen LogP contribution in [0.3, 0.4) is 0 Å². The number of likely N-dealkylation sites (tertiary alicyclic amines) is 1. The Bertz CT molecular complexity index is 742. The molecule has 0 aliphatic carbocycles. The fraction of sp³-hybridized carbons (Fsp3) is 0.409. The van der Waals surface area contributed by atoms with Gasteiger partial charge in [-0.1, -0.05) is 42.8 Å². The topological polar surface area (TPSA) is 41.6 Å². The van der Waals surface area contributed by atoms with E-state index in [1.165, 1.54) is 24.0 Å². The van der Waals surface area contributed by atoms with Gasteiger partial charge in [-0.2, -0.15) is 0 Å². The molecule has 144 valence electrons. The number of rotatable bonds is 8. The van der Waals surface area contributed by atoms with Gasteiger partial charge in [-0.15, -0.1) is 0 Å². The van der Waals surface area contributed by atoms with Crippen LogP contribution in [0, 0.1) is 0 Å². The van der Waals surface area contributed by atoms with E-state index in [2.05, 4.69) is 28.4 Å². The van der Waals surface area contributed by atoms with Gasteiger partial charge in [-0.25, -0.2) is 0 Å². The lowest BCUT2D eigenvalue weighted by atomic mass is 10.1. The fourth-order valence-electron chi connectivity index (χ4n) is 3.36. The van der Waals surface area contributed by atoms with Gasteiger partial charge in [0.2, 0.25) is 0 Å². The van der Waals surface area contributed by atoms with Gasteiger partial charge in [0.05, 0.1) is 0 Å². The van der Waals surface area contributed by atoms with E-state index in [-0.39, 0.29) is 5.91 Å². The van der Waals surface area contributed by atoms with Crippen molar-refractivity contribution < 1.29 is 9.53 Å². The quantitative estimate of drug-likeness (QED) is 0.730. The highest BCUT2D eigenvalue weighted by molar-refractivity contribution is 6.30. The molecule has 0 unspecified atom stereocenters. The number of hydrogen-bond donors (Lipinski definition) is 1. The van der Waals surface area contributed by atoms with Crippen LogP contribution in [0.1, 0.15) is 37.3 Å². The minimum Gasteiger partial charge on any atom is -0.481 e. The summed E-state index contributed by atoms with van der Waals surface area (Å²) in [6.07, 6.45) is 2.64. The minimum absolute atomic E-state index is 0.0941. The molecule has 1 saturated heterocycles. The molecule has 4 nitrogen and oxygen atoms in total. The third kappa shape index (κ3) is 5.72. The summed E-state index contributed by atoms with van der Waals surface area (Å²) in [6.45, 7) is 5.73. The van der Waals surface area contributed by atoms with Gasteiger partial charge < -0.3 is 10.1 Å². The van der Waals surface area contributed by atoms with E-state index in [0.717, 1.165) is 19.6 Å². The second-order valence-corrected chi connectivity index (χ2v) is 7.37.